The molecule has 1 unspecified atom stereocenters. The number of halogens is 1. The molecule has 1 aromatic heterocycles. The van der Waals surface area contributed by atoms with Crippen molar-refractivity contribution in [3.63, 3.8) is 0 Å². The van der Waals surface area contributed by atoms with Gasteiger partial charge in [-0.1, -0.05) is 37.4 Å². The van der Waals surface area contributed by atoms with Gasteiger partial charge in [-0.2, -0.15) is 5.10 Å². The lowest BCUT2D eigenvalue weighted by Gasteiger charge is -2.20. The number of rotatable bonds is 8. The zero-order valence-corrected chi connectivity index (χ0v) is 13.4. The second-order valence-corrected chi connectivity index (χ2v) is 5.61. The molecule has 0 aliphatic rings. The van der Waals surface area contributed by atoms with Crippen LogP contribution in [0.5, 0.6) is 5.75 Å². The highest BCUT2D eigenvalue weighted by Crippen LogP contribution is 2.34. The molecule has 0 aliphatic heterocycles. The Labute approximate surface area is 131 Å². The van der Waals surface area contributed by atoms with Gasteiger partial charge in [0.05, 0.1) is 7.11 Å². The van der Waals surface area contributed by atoms with E-state index in [2.05, 4.69) is 23.1 Å². The van der Waals surface area contributed by atoms with Crippen LogP contribution in [0.4, 0.5) is 0 Å². The zero-order chi connectivity index (χ0) is 15.1. The van der Waals surface area contributed by atoms with Gasteiger partial charge in [-0.25, -0.2) is 4.98 Å². The molecular formula is C16H22ClN3O. The highest BCUT2D eigenvalue weighted by atomic mass is 35.5. The summed E-state index contributed by atoms with van der Waals surface area (Å²) < 4.78 is 7.38. The van der Waals surface area contributed by atoms with Crippen molar-refractivity contribution in [2.75, 3.05) is 7.11 Å². The number of ether oxygens (including phenoxy) is 1. The third-order valence-corrected chi connectivity index (χ3v) is 3.95. The minimum absolute atomic E-state index is 0.446. The van der Waals surface area contributed by atoms with Crippen LogP contribution in [0.25, 0.3) is 0 Å². The Kier molecular flexibility index (Phi) is 6.05. The van der Waals surface area contributed by atoms with E-state index in [-0.39, 0.29) is 0 Å². The van der Waals surface area contributed by atoms with E-state index < -0.39 is 0 Å². The first-order chi connectivity index (χ1) is 10.2. The van der Waals surface area contributed by atoms with Crippen LogP contribution in [-0.4, -0.2) is 21.9 Å². The number of hydrogen-bond donors (Lipinski definition) is 0. The Hall–Kier alpha value is -1.55. The fraction of sp³-hybridized carbons (Fsp3) is 0.500. The molecule has 0 saturated heterocycles. The smallest absolute Gasteiger partial charge is 0.137 e. The maximum Gasteiger partial charge on any atom is 0.137 e. The molecule has 5 heteroatoms. The van der Waals surface area contributed by atoms with Gasteiger partial charge in [-0.3, -0.25) is 4.68 Å². The molecule has 0 saturated carbocycles. The Balaban J connectivity index is 2.14. The Morgan fingerprint density at radius 3 is 2.86 bits per heavy atom. The normalized spacial score (nSPS) is 12.3. The van der Waals surface area contributed by atoms with E-state index in [1.54, 1.807) is 19.8 Å². The summed E-state index contributed by atoms with van der Waals surface area (Å²) in [6.45, 7) is 3.08. The lowest BCUT2D eigenvalue weighted by molar-refractivity contribution is 0.395. The summed E-state index contributed by atoms with van der Waals surface area (Å²) in [5.74, 6) is 1.32. The van der Waals surface area contributed by atoms with Crippen molar-refractivity contribution >= 4 is 11.6 Å². The highest BCUT2D eigenvalue weighted by molar-refractivity contribution is 6.30. The molecule has 0 radical (unpaired) electrons. The van der Waals surface area contributed by atoms with Crippen molar-refractivity contribution in [2.24, 2.45) is 0 Å². The monoisotopic (exact) mass is 307 g/mol. The van der Waals surface area contributed by atoms with Crippen LogP contribution < -0.4 is 4.74 Å². The highest BCUT2D eigenvalue weighted by Gasteiger charge is 2.16. The molecule has 114 valence electrons. The lowest BCUT2D eigenvalue weighted by atomic mass is 9.90. The average molecular weight is 308 g/mol. The van der Waals surface area contributed by atoms with Gasteiger partial charge < -0.3 is 4.74 Å². The third-order valence-electron chi connectivity index (χ3n) is 3.71. The summed E-state index contributed by atoms with van der Waals surface area (Å²) in [6.07, 6.45) is 7.88. The second kappa shape index (κ2) is 8.03. The molecule has 0 spiro atoms. The first-order valence-corrected chi connectivity index (χ1v) is 7.78. The second-order valence-electron chi connectivity index (χ2n) is 5.17. The van der Waals surface area contributed by atoms with Crippen LogP contribution in [0.2, 0.25) is 5.02 Å². The quantitative estimate of drug-likeness (QED) is 0.730. The average Bonchev–Trinajstić information content (AvgIpc) is 3.01. The van der Waals surface area contributed by atoms with Gasteiger partial charge in [0.25, 0.3) is 0 Å². The molecule has 1 atom stereocenters. The topological polar surface area (TPSA) is 39.9 Å². The van der Waals surface area contributed by atoms with Gasteiger partial charge in [-0.05, 0) is 36.5 Å². The molecule has 2 rings (SSSR count). The van der Waals surface area contributed by atoms with Gasteiger partial charge in [0.15, 0.2) is 0 Å². The molecule has 0 bridgehead atoms. The molecule has 0 fully saturated rings. The van der Waals surface area contributed by atoms with Gasteiger partial charge >= 0.3 is 0 Å². The summed E-state index contributed by atoms with van der Waals surface area (Å²) in [5, 5.41) is 4.88. The Morgan fingerprint density at radius 2 is 2.19 bits per heavy atom. The Morgan fingerprint density at radius 1 is 1.33 bits per heavy atom. The standard InChI is InChI=1S/C16H22ClN3O/c1-3-4-5-13(8-9-20-12-18-11-19-20)15-7-6-14(17)10-16(15)21-2/h6-7,10-13H,3-5,8-9H2,1-2H3. The van der Waals surface area contributed by atoms with E-state index in [0.717, 1.165) is 25.1 Å². The predicted molar refractivity (Wildman–Crippen MR) is 84.9 cm³/mol. The van der Waals surface area contributed by atoms with E-state index in [0.29, 0.717) is 10.9 Å². The van der Waals surface area contributed by atoms with Crippen LogP contribution >= 0.6 is 11.6 Å². The zero-order valence-electron chi connectivity index (χ0n) is 12.6. The molecule has 1 heterocycles. The van der Waals surface area contributed by atoms with Crippen LogP contribution in [0.3, 0.4) is 0 Å². The molecule has 0 N–H and O–H groups in total. The first-order valence-electron chi connectivity index (χ1n) is 7.40. The van der Waals surface area contributed by atoms with Crippen LogP contribution in [-0.2, 0) is 6.54 Å². The van der Waals surface area contributed by atoms with Crippen LogP contribution in [0.15, 0.2) is 30.9 Å². The maximum absolute atomic E-state index is 6.06. The minimum atomic E-state index is 0.446. The SMILES string of the molecule is CCCCC(CCn1cncn1)c1ccc(Cl)cc1OC. The number of benzene rings is 1. The van der Waals surface area contributed by atoms with E-state index in [1.165, 1.54) is 18.4 Å². The fourth-order valence-corrected chi connectivity index (χ4v) is 2.73. The summed E-state index contributed by atoms with van der Waals surface area (Å²) in [7, 11) is 1.70. The predicted octanol–water partition coefficient (Wildman–Crippen LogP) is 4.30. The lowest BCUT2D eigenvalue weighted by Crippen LogP contribution is -2.07. The van der Waals surface area contributed by atoms with Crippen molar-refractivity contribution < 1.29 is 4.74 Å². The maximum atomic E-state index is 6.06. The minimum Gasteiger partial charge on any atom is -0.496 e. The van der Waals surface area contributed by atoms with Crippen LogP contribution in [0, 0.1) is 0 Å². The van der Waals surface area contributed by atoms with Crippen molar-refractivity contribution in [1.82, 2.24) is 14.8 Å². The van der Waals surface area contributed by atoms with Crippen molar-refractivity contribution in [1.29, 1.82) is 0 Å². The van der Waals surface area contributed by atoms with E-state index in [9.17, 15) is 0 Å². The van der Waals surface area contributed by atoms with E-state index in [4.69, 9.17) is 16.3 Å². The molecule has 4 nitrogen and oxygen atoms in total. The molecular weight excluding hydrogens is 286 g/mol. The van der Waals surface area contributed by atoms with Crippen LogP contribution in [0.1, 0.15) is 44.1 Å². The number of aromatic nitrogens is 3. The molecule has 21 heavy (non-hydrogen) atoms. The first kappa shape index (κ1) is 15.8. The summed E-state index contributed by atoms with van der Waals surface area (Å²) in [5.41, 5.74) is 1.23. The Bertz CT molecular complexity index is 542. The van der Waals surface area contributed by atoms with Gasteiger partial charge in [0.2, 0.25) is 0 Å². The van der Waals surface area contributed by atoms with Crippen molar-refractivity contribution in [3.05, 3.63) is 41.4 Å². The van der Waals surface area contributed by atoms with Crippen molar-refractivity contribution in [3.8, 4) is 5.75 Å². The third kappa shape index (κ3) is 4.46. The van der Waals surface area contributed by atoms with E-state index in [1.807, 2.05) is 16.8 Å². The number of unbranched alkanes of at least 4 members (excludes halogenated alkanes) is 1. The van der Waals surface area contributed by atoms with Gasteiger partial charge in [0.1, 0.15) is 18.4 Å². The van der Waals surface area contributed by atoms with Gasteiger partial charge in [0, 0.05) is 11.6 Å². The summed E-state index contributed by atoms with van der Waals surface area (Å²) >= 11 is 6.06. The van der Waals surface area contributed by atoms with Crippen molar-refractivity contribution in [2.45, 2.75) is 45.1 Å². The summed E-state index contributed by atoms with van der Waals surface area (Å²) in [4.78, 5) is 3.99. The number of hydrogen-bond acceptors (Lipinski definition) is 3. The fourth-order valence-electron chi connectivity index (χ4n) is 2.56. The molecule has 1 aromatic carbocycles. The molecule has 0 amide bonds. The molecule has 0 aliphatic carbocycles. The number of nitrogens with zero attached hydrogens (tertiary/aromatic N) is 3. The van der Waals surface area contributed by atoms with Gasteiger partial charge in [-0.15, -0.1) is 0 Å². The van der Waals surface area contributed by atoms with E-state index >= 15 is 0 Å². The number of methoxy groups -OCH3 is 1. The summed E-state index contributed by atoms with van der Waals surface area (Å²) in [6, 6.07) is 5.92. The number of aryl methyl sites for hydroxylation is 1. The largest absolute Gasteiger partial charge is 0.496 e. The molecule has 2 aromatic rings.